The minimum absolute atomic E-state index is 0.0182. The third kappa shape index (κ3) is 20.4. The fourth-order valence-electron chi connectivity index (χ4n) is 16.8. The topological polar surface area (TPSA) is 274 Å². The molecule has 0 saturated carbocycles. The molecule has 2 fully saturated rings. The number of aromatic nitrogens is 11. The Morgan fingerprint density at radius 3 is 1.17 bits per heavy atom. The zero-order valence-electron chi connectivity index (χ0n) is 72.1. The standard InChI is InChI=1S/C28H22N4OS.C27H23FN4O2.C27H22N4O.C24H24N6O2/c33-27(31-17-24-26(18-31)34-28(29-24)22-14-8-3-9-15-22)19-32-25(21-12-6-2-7-13-21)16-23(30-32)20-10-4-1-5-11-20;28-22-12-7-13-23(16-22)31-15-14-30(18-27(31)34)26(33)19-32-25(21-10-5-2-6-11-21)17-24(29-32)20-8-3-1-4-9-20;28-17-20-11-12-21-13-14-30(18-24(21)15-20)27(32)19-31-26(23-9-5-2-6-10-23)16-25(29-31)22-7-3-1-4-8-22;25-24-27-26-23(32-24)19-11-13-29(14-12-19)22(31)16-30-21(18-9-5-2-6-10-18)15-20(28-30)17-7-3-1-4-8-17/h1-16H,17-19H2;1-13,16-17H,14-15,18-19H2;1-12,15-16H,13-14,18-19H2;1-10,15,19H,11-14,16H2,(H2,25,27). The van der Waals surface area contributed by atoms with Crippen molar-refractivity contribution in [1.29, 1.82) is 5.26 Å². The van der Waals surface area contributed by atoms with Gasteiger partial charge in [-0.1, -0.05) is 290 Å². The first-order valence-electron chi connectivity index (χ1n) is 43.8. The maximum absolute atomic E-state index is 13.6. The number of anilines is 2. The van der Waals surface area contributed by atoms with Crippen LogP contribution in [0.2, 0.25) is 0 Å². The summed E-state index contributed by atoms with van der Waals surface area (Å²) < 4.78 is 26.1. The highest BCUT2D eigenvalue weighted by molar-refractivity contribution is 7.15. The number of nitrogens with two attached hydrogens (primary N) is 1. The molecule has 4 aliphatic rings. The van der Waals surface area contributed by atoms with Gasteiger partial charge in [-0.25, -0.2) is 9.37 Å². The van der Waals surface area contributed by atoms with Gasteiger partial charge < -0.3 is 34.7 Å². The molecule has 0 spiro atoms. The summed E-state index contributed by atoms with van der Waals surface area (Å²) in [7, 11) is 0. The average molecular weight is 1760 g/mol. The first kappa shape index (κ1) is 86.3. The summed E-state index contributed by atoms with van der Waals surface area (Å²) in [5, 5.41) is 37.0. The van der Waals surface area contributed by atoms with Crippen LogP contribution in [0.4, 0.5) is 16.1 Å². The van der Waals surface area contributed by atoms with Crippen LogP contribution in [0.5, 0.6) is 0 Å². The van der Waals surface area contributed by atoms with E-state index < -0.39 is 5.82 Å². The van der Waals surface area contributed by atoms with E-state index in [9.17, 15) is 33.6 Å². The Labute approximate surface area is 766 Å². The summed E-state index contributed by atoms with van der Waals surface area (Å²) in [4.78, 5) is 80.3. The minimum atomic E-state index is -0.398. The van der Waals surface area contributed by atoms with E-state index in [1.54, 1.807) is 32.8 Å². The van der Waals surface area contributed by atoms with E-state index in [-0.39, 0.29) is 74.2 Å². The lowest BCUT2D eigenvalue weighted by Gasteiger charge is -2.34. The lowest BCUT2D eigenvalue weighted by molar-refractivity contribution is -0.137. The van der Waals surface area contributed by atoms with Gasteiger partial charge >= 0.3 is 6.01 Å². The highest BCUT2D eigenvalue weighted by atomic mass is 32.1. The first-order valence-corrected chi connectivity index (χ1v) is 44.6. The van der Waals surface area contributed by atoms with Crippen LogP contribution >= 0.6 is 11.3 Å². The molecule has 0 atom stereocenters. The van der Waals surface area contributed by atoms with E-state index in [2.05, 4.69) is 46.6 Å². The first-order chi connectivity index (χ1) is 64.7. The fourth-order valence-corrected chi connectivity index (χ4v) is 17.9. The number of amides is 5. The Morgan fingerprint density at radius 1 is 0.394 bits per heavy atom. The zero-order valence-corrected chi connectivity index (χ0v) is 73.0. The molecule has 11 aromatic carbocycles. The minimum Gasteiger partial charge on any atom is -0.408 e. The van der Waals surface area contributed by atoms with Gasteiger partial charge in [0.05, 0.1) is 76.0 Å². The van der Waals surface area contributed by atoms with Crippen LogP contribution in [0, 0.1) is 17.1 Å². The number of nitriles is 1. The van der Waals surface area contributed by atoms with Gasteiger partial charge in [0.2, 0.25) is 35.4 Å². The molecule has 26 heteroatoms. The van der Waals surface area contributed by atoms with Crippen molar-refractivity contribution < 1.29 is 32.8 Å². The van der Waals surface area contributed by atoms with Crippen molar-refractivity contribution in [2.45, 2.75) is 71.0 Å². The Bertz CT molecular complexity index is 6900. The van der Waals surface area contributed by atoms with Crippen molar-refractivity contribution in [3.63, 3.8) is 0 Å². The number of carbonyl (C=O) groups excluding carboxylic acids is 5. The number of hydrogen-bond donors (Lipinski definition) is 1. The number of benzene rings is 11. The summed E-state index contributed by atoms with van der Waals surface area (Å²) in [5.41, 5.74) is 26.1. The predicted octanol–water partition coefficient (Wildman–Crippen LogP) is 18.4. The second-order valence-electron chi connectivity index (χ2n) is 32.4. The molecule has 6 aromatic heterocycles. The zero-order chi connectivity index (χ0) is 90.2. The molecule has 4 aliphatic heterocycles. The van der Waals surface area contributed by atoms with Crippen molar-refractivity contribution in [3.05, 3.63) is 379 Å². The number of fused-ring (bicyclic) bond motifs is 2. The number of halogens is 1. The van der Waals surface area contributed by atoms with Crippen molar-refractivity contribution >= 4 is 52.6 Å². The molecule has 24 nitrogen and oxygen atoms in total. The van der Waals surface area contributed by atoms with Crippen molar-refractivity contribution in [1.82, 2.24) is 73.9 Å². The lowest BCUT2D eigenvalue weighted by Crippen LogP contribution is -2.53. The van der Waals surface area contributed by atoms with Crippen molar-refractivity contribution in [2.24, 2.45) is 0 Å². The molecule has 10 heterocycles. The van der Waals surface area contributed by atoms with E-state index in [0.29, 0.717) is 69.5 Å². The number of hydrogen-bond acceptors (Lipinski definition) is 16. The quantitative estimate of drug-likeness (QED) is 0.0788. The van der Waals surface area contributed by atoms with E-state index in [1.165, 1.54) is 32.4 Å². The van der Waals surface area contributed by atoms with E-state index in [4.69, 9.17) is 35.5 Å². The van der Waals surface area contributed by atoms with E-state index in [1.807, 2.05) is 309 Å². The Morgan fingerprint density at radius 2 is 0.788 bits per heavy atom. The number of nitrogen functional groups attached to an aromatic ring is 1. The second kappa shape index (κ2) is 40.3. The summed E-state index contributed by atoms with van der Waals surface area (Å²) in [6, 6.07) is 112. The molecule has 0 bridgehead atoms. The molecular formula is C106H91FN18O6S. The van der Waals surface area contributed by atoms with Crippen LogP contribution in [0.15, 0.2) is 344 Å². The molecule has 654 valence electrons. The molecule has 5 amide bonds. The molecule has 17 aromatic rings. The molecule has 2 N–H and O–H groups in total. The number of piperidine rings is 1. The maximum Gasteiger partial charge on any atom is 0.312 e. The maximum atomic E-state index is 13.6. The van der Waals surface area contributed by atoms with Gasteiger partial charge in [0, 0.05) is 83.6 Å². The van der Waals surface area contributed by atoms with Gasteiger partial charge in [0.1, 0.15) is 43.5 Å². The van der Waals surface area contributed by atoms with Crippen LogP contribution < -0.4 is 10.6 Å². The van der Waals surface area contributed by atoms with E-state index in [0.717, 1.165) is 131 Å². The molecule has 0 radical (unpaired) electrons. The number of rotatable bonds is 19. The summed E-state index contributed by atoms with van der Waals surface area (Å²) >= 11 is 1.68. The number of nitrogens with zero attached hydrogens (tertiary/aromatic N) is 17. The molecule has 132 heavy (non-hydrogen) atoms. The Kier molecular flexibility index (Phi) is 26.4. The number of piperazine rings is 1. The third-order valence-corrected chi connectivity index (χ3v) is 24.8. The van der Waals surface area contributed by atoms with E-state index >= 15 is 0 Å². The van der Waals surface area contributed by atoms with Gasteiger partial charge in [0.15, 0.2) is 0 Å². The van der Waals surface area contributed by atoms with Crippen LogP contribution in [0.3, 0.4) is 0 Å². The lowest BCUT2D eigenvalue weighted by atomic mass is 9.97. The van der Waals surface area contributed by atoms with Gasteiger partial charge in [-0.15, -0.1) is 16.4 Å². The van der Waals surface area contributed by atoms with Gasteiger partial charge in [-0.3, -0.25) is 42.7 Å². The van der Waals surface area contributed by atoms with Gasteiger partial charge in [-0.05, 0) is 107 Å². The third-order valence-electron chi connectivity index (χ3n) is 23.7. The number of carbonyl (C=O) groups is 5. The smallest absolute Gasteiger partial charge is 0.312 e. The largest absolute Gasteiger partial charge is 0.408 e. The Balaban J connectivity index is 0.000000118. The highest BCUT2D eigenvalue weighted by Crippen LogP contribution is 2.37. The van der Waals surface area contributed by atoms with Gasteiger partial charge in [-0.2, -0.15) is 25.7 Å². The second-order valence-corrected chi connectivity index (χ2v) is 33.4. The van der Waals surface area contributed by atoms with Crippen LogP contribution in [0.1, 0.15) is 51.9 Å². The SMILES string of the molecule is N#Cc1ccc2c(c1)CN(C(=O)Cn1nc(-c3ccccc3)cc1-c1ccccc1)CC2.Nc1nnc(C2CCN(C(=O)Cn3nc(-c4ccccc4)cc3-c3ccccc3)CC2)o1.O=C(Cn1nc(-c2ccccc2)cc1-c1ccccc1)N1CCN(c2cccc(F)c2)C(=O)C1.O=C(Cn1nc(-c2ccccc2)cc1-c1ccccc1)N1Cc2nc(-c3ccccc3)sc2C1. The Hall–Kier alpha value is -16.4. The molecule has 2 saturated heterocycles. The summed E-state index contributed by atoms with van der Waals surface area (Å²) in [6.07, 6.45) is 2.34. The monoisotopic (exact) mass is 1760 g/mol. The molecular weight excluding hydrogens is 1670 g/mol. The van der Waals surface area contributed by atoms with Crippen LogP contribution in [0.25, 0.3) is 101 Å². The fraction of sp³-hybridized carbons (Fsp3) is 0.160. The predicted molar refractivity (Wildman–Crippen MR) is 507 cm³/mol. The number of likely N-dealkylation sites (tertiary alicyclic amines) is 1. The molecule has 0 unspecified atom stereocenters. The molecule has 0 aliphatic carbocycles. The molecule has 21 rings (SSSR count). The highest BCUT2D eigenvalue weighted by Gasteiger charge is 2.33. The normalized spacial score (nSPS) is 13.5. The van der Waals surface area contributed by atoms with Crippen molar-refractivity contribution in [2.75, 3.05) is 49.9 Å². The van der Waals surface area contributed by atoms with Crippen molar-refractivity contribution in [3.8, 4) is 107 Å². The summed E-state index contributed by atoms with van der Waals surface area (Å²) in [6.45, 7) is 4.82. The van der Waals surface area contributed by atoms with Crippen LogP contribution in [-0.2, 0) is 76.2 Å². The van der Waals surface area contributed by atoms with Crippen LogP contribution in [-0.4, -0.2) is 143 Å². The summed E-state index contributed by atoms with van der Waals surface area (Å²) in [5.74, 6) is -0.00694. The van der Waals surface area contributed by atoms with Gasteiger partial charge in [0.25, 0.3) is 0 Å². The average Bonchev–Trinajstić information content (AvgIpc) is 1.57. The number of thiazole rings is 1.